The largest absolute Gasteiger partial charge is 0.316 e. The Labute approximate surface area is 159 Å². The predicted octanol–water partition coefficient (Wildman–Crippen LogP) is 2.91. The molecule has 0 radical (unpaired) electrons. The van der Waals surface area contributed by atoms with E-state index >= 15 is 0 Å². The molecule has 2 aromatic rings. The number of aromatic nitrogens is 1. The molecule has 0 spiro atoms. The van der Waals surface area contributed by atoms with Crippen LogP contribution in [0.15, 0.2) is 46.1 Å². The van der Waals surface area contributed by atoms with Crippen LogP contribution in [0.25, 0.3) is 0 Å². The van der Waals surface area contributed by atoms with E-state index in [1.165, 1.54) is 22.6 Å². The maximum absolute atomic E-state index is 13.0. The van der Waals surface area contributed by atoms with Crippen molar-refractivity contribution in [1.29, 1.82) is 0 Å². The van der Waals surface area contributed by atoms with Crippen LogP contribution in [0, 0.1) is 5.92 Å². The van der Waals surface area contributed by atoms with Crippen LogP contribution in [-0.4, -0.2) is 35.9 Å². The first-order valence-electron chi connectivity index (χ1n) is 9.39. The first kappa shape index (κ1) is 17.8. The molecule has 5 heteroatoms. The summed E-state index contributed by atoms with van der Waals surface area (Å²) in [4.78, 5) is 16.6. The number of pyridine rings is 1. The first-order chi connectivity index (χ1) is 12.6. The molecule has 1 fully saturated rings. The molecule has 1 aromatic carbocycles. The van der Waals surface area contributed by atoms with Crippen molar-refractivity contribution in [2.75, 3.05) is 26.4 Å². The van der Waals surface area contributed by atoms with E-state index < -0.39 is 0 Å². The highest BCUT2D eigenvalue weighted by molar-refractivity contribution is 7.98. The molecule has 1 aromatic heterocycles. The summed E-state index contributed by atoms with van der Waals surface area (Å²) >= 11 is 1.76. The fraction of sp³-hybridized carbons (Fsp3) is 0.476. The smallest absolute Gasteiger partial charge is 0.255 e. The normalized spacial score (nSPS) is 21.7. The lowest BCUT2D eigenvalue weighted by Gasteiger charge is -2.37. The standard InChI is InChI=1S/C21H27N3OS/c1-23(12-15-4-3-5-19(9-15)26-2)14-17-6-7-20-18-8-16(10-22-11-18)13-24(20)21(17)25/h3-7,9,16,18,22H,8,10-14H2,1-2H3/t16-,18+/m0/s1. The number of rotatable bonds is 5. The Morgan fingerprint density at radius 2 is 2.12 bits per heavy atom. The fourth-order valence-electron chi connectivity index (χ4n) is 4.39. The number of benzene rings is 1. The quantitative estimate of drug-likeness (QED) is 0.823. The van der Waals surface area contributed by atoms with Gasteiger partial charge in [0, 0.05) is 48.2 Å². The van der Waals surface area contributed by atoms with E-state index in [9.17, 15) is 4.79 Å². The van der Waals surface area contributed by atoms with Crippen molar-refractivity contribution >= 4 is 11.8 Å². The Morgan fingerprint density at radius 3 is 2.96 bits per heavy atom. The van der Waals surface area contributed by atoms with Crippen molar-refractivity contribution in [1.82, 2.24) is 14.8 Å². The molecule has 3 heterocycles. The van der Waals surface area contributed by atoms with Gasteiger partial charge in [-0.05, 0) is 55.9 Å². The van der Waals surface area contributed by atoms with Gasteiger partial charge in [-0.3, -0.25) is 9.69 Å². The topological polar surface area (TPSA) is 37.3 Å². The van der Waals surface area contributed by atoms with Gasteiger partial charge in [-0.2, -0.15) is 0 Å². The molecule has 1 saturated heterocycles. The average molecular weight is 370 g/mol. The number of hydrogen-bond donors (Lipinski definition) is 1. The number of thioether (sulfide) groups is 1. The summed E-state index contributed by atoms with van der Waals surface area (Å²) in [6.07, 6.45) is 3.32. The fourth-order valence-corrected chi connectivity index (χ4v) is 4.87. The van der Waals surface area contributed by atoms with Gasteiger partial charge in [-0.25, -0.2) is 0 Å². The minimum Gasteiger partial charge on any atom is -0.316 e. The van der Waals surface area contributed by atoms with E-state index in [4.69, 9.17) is 0 Å². The lowest BCUT2D eigenvalue weighted by atomic mass is 9.84. The van der Waals surface area contributed by atoms with Crippen LogP contribution in [0.4, 0.5) is 0 Å². The van der Waals surface area contributed by atoms with Crippen LogP contribution >= 0.6 is 11.8 Å². The Morgan fingerprint density at radius 1 is 1.23 bits per heavy atom. The Kier molecular flexibility index (Phi) is 5.20. The van der Waals surface area contributed by atoms with Crippen LogP contribution in [-0.2, 0) is 19.6 Å². The van der Waals surface area contributed by atoms with E-state index in [-0.39, 0.29) is 5.56 Å². The van der Waals surface area contributed by atoms with Crippen molar-refractivity contribution < 1.29 is 0 Å². The van der Waals surface area contributed by atoms with Gasteiger partial charge in [-0.15, -0.1) is 11.8 Å². The molecule has 26 heavy (non-hydrogen) atoms. The van der Waals surface area contributed by atoms with E-state index in [1.54, 1.807) is 11.8 Å². The molecule has 4 nitrogen and oxygen atoms in total. The maximum atomic E-state index is 13.0. The monoisotopic (exact) mass is 369 g/mol. The van der Waals surface area contributed by atoms with E-state index in [0.717, 1.165) is 31.7 Å². The molecule has 2 aliphatic heterocycles. The second-order valence-corrected chi connectivity index (χ2v) is 8.56. The third kappa shape index (κ3) is 3.61. The van der Waals surface area contributed by atoms with E-state index in [2.05, 4.69) is 64.5 Å². The number of piperidine rings is 1. The minimum absolute atomic E-state index is 0.212. The summed E-state index contributed by atoms with van der Waals surface area (Å²) in [5.74, 6) is 1.09. The molecule has 0 saturated carbocycles. The molecule has 2 aliphatic rings. The molecule has 2 atom stereocenters. The van der Waals surface area contributed by atoms with Crippen LogP contribution in [0.3, 0.4) is 0 Å². The molecular weight excluding hydrogens is 342 g/mol. The molecular formula is C21H27N3OS. The van der Waals surface area contributed by atoms with Crippen molar-refractivity contribution in [3.05, 3.63) is 63.6 Å². The number of hydrogen-bond acceptors (Lipinski definition) is 4. The first-order valence-corrected chi connectivity index (χ1v) is 10.6. The van der Waals surface area contributed by atoms with E-state index in [0.29, 0.717) is 18.4 Å². The van der Waals surface area contributed by atoms with Crippen LogP contribution < -0.4 is 10.9 Å². The van der Waals surface area contributed by atoms with Crippen molar-refractivity contribution in [3.8, 4) is 0 Å². The summed E-state index contributed by atoms with van der Waals surface area (Å²) in [5, 5.41) is 3.51. The zero-order valence-electron chi connectivity index (χ0n) is 15.6. The molecule has 1 N–H and O–H groups in total. The number of fused-ring (bicyclic) bond motifs is 4. The highest BCUT2D eigenvalue weighted by Gasteiger charge is 2.31. The summed E-state index contributed by atoms with van der Waals surface area (Å²) in [6.45, 7) is 4.45. The SMILES string of the molecule is CSc1cccc(CN(C)Cc2ccc3n(c2=O)C[C@@H]2CNC[C@H]3C2)c1. The Balaban J connectivity index is 1.51. The zero-order valence-corrected chi connectivity index (χ0v) is 16.4. The molecule has 2 bridgehead atoms. The summed E-state index contributed by atoms with van der Waals surface area (Å²) in [6, 6.07) is 12.9. The molecule has 0 unspecified atom stereocenters. The summed E-state index contributed by atoms with van der Waals surface area (Å²) in [7, 11) is 2.09. The Hall–Kier alpha value is -1.56. The zero-order chi connectivity index (χ0) is 18.1. The van der Waals surface area contributed by atoms with E-state index in [1.807, 2.05) is 0 Å². The summed E-state index contributed by atoms with van der Waals surface area (Å²) in [5.41, 5.74) is 3.63. The molecule has 0 amide bonds. The van der Waals surface area contributed by atoms with Gasteiger partial charge in [0.1, 0.15) is 0 Å². The maximum Gasteiger partial charge on any atom is 0.255 e. The third-order valence-electron chi connectivity index (χ3n) is 5.61. The third-order valence-corrected chi connectivity index (χ3v) is 6.34. The molecule has 4 rings (SSSR count). The molecule has 138 valence electrons. The Bertz CT molecular complexity index is 847. The van der Waals surface area contributed by atoms with Crippen LogP contribution in [0.2, 0.25) is 0 Å². The second-order valence-electron chi connectivity index (χ2n) is 7.68. The van der Waals surface area contributed by atoms with Gasteiger partial charge in [0.2, 0.25) is 0 Å². The van der Waals surface area contributed by atoms with Crippen molar-refractivity contribution in [2.45, 2.75) is 36.9 Å². The van der Waals surface area contributed by atoms with Gasteiger partial charge in [0.05, 0.1) is 0 Å². The van der Waals surface area contributed by atoms with Gasteiger partial charge in [0.15, 0.2) is 0 Å². The second kappa shape index (κ2) is 7.59. The van der Waals surface area contributed by atoms with Gasteiger partial charge in [-0.1, -0.05) is 18.2 Å². The van der Waals surface area contributed by atoms with Crippen LogP contribution in [0.1, 0.15) is 29.2 Å². The summed E-state index contributed by atoms with van der Waals surface area (Å²) < 4.78 is 2.05. The van der Waals surface area contributed by atoms with Gasteiger partial charge in [0.25, 0.3) is 5.56 Å². The minimum atomic E-state index is 0.212. The van der Waals surface area contributed by atoms with Gasteiger partial charge < -0.3 is 9.88 Å². The van der Waals surface area contributed by atoms with Crippen LogP contribution in [0.5, 0.6) is 0 Å². The predicted molar refractivity (Wildman–Crippen MR) is 108 cm³/mol. The number of nitrogens with zero attached hydrogens (tertiary/aromatic N) is 2. The lowest BCUT2D eigenvalue weighted by molar-refractivity contribution is 0.254. The molecule has 0 aliphatic carbocycles. The lowest BCUT2D eigenvalue weighted by Crippen LogP contribution is -2.45. The average Bonchev–Trinajstić information content (AvgIpc) is 2.65. The van der Waals surface area contributed by atoms with Crippen molar-refractivity contribution in [2.24, 2.45) is 5.92 Å². The van der Waals surface area contributed by atoms with Crippen molar-refractivity contribution in [3.63, 3.8) is 0 Å². The highest BCUT2D eigenvalue weighted by Crippen LogP contribution is 2.31. The highest BCUT2D eigenvalue weighted by atomic mass is 32.2. The number of nitrogens with one attached hydrogen (secondary N) is 1. The van der Waals surface area contributed by atoms with Gasteiger partial charge >= 0.3 is 0 Å².